The zero-order valence-corrected chi connectivity index (χ0v) is 13.9. The smallest absolute Gasteiger partial charge is 0.166 e. The van der Waals surface area contributed by atoms with Gasteiger partial charge in [0.25, 0.3) is 0 Å². The molecule has 2 rings (SSSR count). The Morgan fingerprint density at radius 2 is 2.00 bits per heavy atom. The minimum absolute atomic E-state index is 0.296. The highest BCUT2D eigenvalue weighted by molar-refractivity contribution is 9.10. The first-order valence-electron chi connectivity index (χ1n) is 6.53. The van der Waals surface area contributed by atoms with Gasteiger partial charge in [-0.05, 0) is 46.6 Å². The largest absolute Gasteiger partial charge is 0.490 e. The van der Waals surface area contributed by atoms with Crippen LogP contribution in [0.3, 0.4) is 0 Å². The summed E-state index contributed by atoms with van der Waals surface area (Å²) >= 11 is 9.10. The molecule has 0 fully saturated rings. The van der Waals surface area contributed by atoms with Gasteiger partial charge < -0.3 is 9.47 Å². The lowest BCUT2D eigenvalue weighted by atomic mass is 10.2. The highest BCUT2D eigenvalue weighted by Crippen LogP contribution is 2.33. The molecular formula is C16H15BrClFO2. The molecule has 0 amide bonds. The van der Waals surface area contributed by atoms with E-state index in [2.05, 4.69) is 15.9 Å². The lowest BCUT2D eigenvalue weighted by molar-refractivity contribution is 0.267. The van der Waals surface area contributed by atoms with Crippen molar-refractivity contribution in [2.24, 2.45) is 0 Å². The Kier molecular flexibility index (Phi) is 5.88. The maximum absolute atomic E-state index is 13.2. The van der Waals surface area contributed by atoms with Crippen LogP contribution in [0, 0.1) is 5.82 Å². The summed E-state index contributed by atoms with van der Waals surface area (Å²) in [5, 5.41) is 0. The molecule has 0 N–H and O–H groups in total. The maximum Gasteiger partial charge on any atom is 0.166 e. The molecule has 0 saturated carbocycles. The molecule has 0 aliphatic rings. The van der Waals surface area contributed by atoms with Crippen molar-refractivity contribution in [2.75, 3.05) is 6.61 Å². The van der Waals surface area contributed by atoms with Crippen LogP contribution in [0.5, 0.6) is 11.5 Å². The van der Waals surface area contributed by atoms with Crippen LogP contribution in [-0.2, 0) is 12.5 Å². The van der Waals surface area contributed by atoms with Crippen molar-refractivity contribution in [3.63, 3.8) is 0 Å². The zero-order chi connectivity index (χ0) is 15.2. The number of rotatable bonds is 6. The SMILES string of the molecule is CCOc1cccc(CCl)c1OCc1ccc(F)c(Br)c1. The topological polar surface area (TPSA) is 18.5 Å². The van der Waals surface area contributed by atoms with Gasteiger partial charge >= 0.3 is 0 Å². The quantitative estimate of drug-likeness (QED) is 0.639. The van der Waals surface area contributed by atoms with E-state index in [9.17, 15) is 4.39 Å². The molecule has 0 heterocycles. The van der Waals surface area contributed by atoms with Gasteiger partial charge in [0.15, 0.2) is 11.5 Å². The van der Waals surface area contributed by atoms with Crippen LogP contribution in [0.2, 0.25) is 0 Å². The number of hydrogen-bond donors (Lipinski definition) is 0. The van der Waals surface area contributed by atoms with Gasteiger partial charge in [-0.3, -0.25) is 0 Å². The van der Waals surface area contributed by atoms with E-state index < -0.39 is 0 Å². The highest BCUT2D eigenvalue weighted by Gasteiger charge is 2.11. The molecule has 112 valence electrons. The van der Waals surface area contributed by atoms with E-state index in [-0.39, 0.29) is 5.82 Å². The number of para-hydroxylation sites is 1. The molecule has 2 nitrogen and oxygen atoms in total. The summed E-state index contributed by atoms with van der Waals surface area (Å²) in [5.74, 6) is 1.34. The molecule has 0 saturated heterocycles. The first kappa shape index (κ1) is 16.1. The standard InChI is InChI=1S/C16H15BrClFO2/c1-2-20-15-5-3-4-12(9-18)16(15)21-10-11-6-7-14(19)13(17)8-11/h3-8H,2,9-10H2,1H3. The average molecular weight is 374 g/mol. The molecule has 0 aromatic heterocycles. The molecule has 2 aromatic carbocycles. The van der Waals surface area contributed by atoms with Crippen LogP contribution in [0.1, 0.15) is 18.1 Å². The normalized spacial score (nSPS) is 10.5. The molecule has 0 aliphatic carbocycles. The van der Waals surface area contributed by atoms with E-state index in [1.165, 1.54) is 6.07 Å². The first-order chi connectivity index (χ1) is 10.2. The fourth-order valence-electron chi connectivity index (χ4n) is 1.88. The van der Waals surface area contributed by atoms with Gasteiger partial charge in [-0.1, -0.05) is 18.2 Å². The van der Waals surface area contributed by atoms with Gasteiger partial charge in [0.1, 0.15) is 12.4 Å². The fourth-order valence-corrected chi connectivity index (χ4v) is 2.52. The molecule has 0 bridgehead atoms. The van der Waals surface area contributed by atoms with E-state index in [1.54, 1.807) is 12.1 Å². The minimum atomic E-state index is -0.296. The molecule has 5 heteroatoms. The van der Waals surface area contributed by atoms with Crippen molar-refractivity contribution in [2.45, 2.75) is 19.4 Å². The Balaban J connectivity index is 2.20. The Labute approximate surface area is 137 Å². The van der Waals surface area contributed by atoms with Crippen molar-refractivity contribution in [1.82, 2.24) is 0 Å². The predicted molar refractivity (Wildman–Crippen MR) is 85.6 cm³/mol. The lowest BCUT2D eigenvalue weighted by Crippen LogP contribution is -2.02. The third kappa shape index (κ3) is 4.11. The fraction of sp³-hybridized carbons (Fsp3) is 0.250. The van der Waals surface area contributed by atoms with Crippen LogP contribution >= 0.6 is 27.5 Å². The van der Waals surface area contributed by atoms with E-state index in [0.29, 0.717) is 35.1 Å². The molecule has 21 heavy (non-hydrogen) atoms. The summed E-state index contributed by atoms with van der Waals surface area (Å²) in [6.07, 6.45) is 0. The van der Waals surface area contributed by atoms with E-state index in [4.69, 9.17) is 21.1 Å². The molecule has 0 spiro atoms. The second-order valence-electron chi connectivity index (χ2n) is 4.35. The Morgan fingerprint density at radius 3 is 2.67 bits per heavy atom. The summed E-state index contributed by atoms with van der Waals surface area (Å²) in [5.41, 5.74) is 1.72. The second-order valence-corrected chi connectivity index (χ2v) is 5.47. The monoisotopic (exact) mass is 372 g/mol. The Morgan fingerprint density at radius 1 is 1.19 bits per heavy atom. The Bertz CT molecular complexity index is 619. The molecule has 0 radical (unpaired) electrons. The van der Waals surface area contributed by atoms with Gasteiger partial charge in [0.05, 0.1) is 17.0 Å². The average Bonchev–Trinajstić information content (AvgIpc) is 2.49. The molecule has 0 atom stereocenters. The first-order valence-corrected chi connectivity index (χ1v) is 7.85. The van der Waals surface area contributed by atoms with Crippen molar-refractivity contribution in [3.05, 3.63) is 57.8 Å². The van der Waals surface area contributed by atoms with Crippen LogP contribution in [0.25, 0.3) is 0 Å². The second kappa shape index (κ2) is 7.66. The highest BCUT2D eigenvalue weighted by atomic mass is 79.9. The maximum atomic E-state index is 13.2. The van der Waals surface area contributed by atoms with Crippen molar-refractivity contribution in [1.29, 1.82) is 0 Å². The van der Waals surface area contributed by atoms with Gasteiger partial charge in [-0.2, -0.15) is 0 Å². The minimum Gasteiger partial charge on any atom is -0.490 e. The number of benzene rings is 2. The summed E-state index contributed by atoms with van der Waals surface area (Å²) in [7, 11) is 0. The van der Waals surface area contributed by atoms with Crippen molar-refractivity contribution >= 4 is 27.5 Å². The number of hydrogen-bond acceptors (Lipinski definition) is 2. The van der Waals surface area contributed by atoms with Gasteiger partial charge in [0, 0.05) is 5.56 Å². The van der Waals surface area contributed by atoms with Crippen LogP contribution in [0.4, 0.5) is 4.39 Å². The lowest BCUT2D eigenvalue weighted by Gasteiger charge is -2.15. The third-order valence-corrected chi connectivity index (χ3v) is 3.77. The van der Waals surface area contributed by atoms with E-state index >= 15 is 0 Å². The van der Waals surface area contributed by atoms with E-state index in [1.807, 2.05) is 25.1 Å². The molecule has 0 aliphatic heterocycles. The summed E-state index contributed by atoms with van der Waals surface area (Å²) in [6, 6.07) is 10.4. The van der Waals surface area contributed by atoms with Gasteiger partial charge in [-0.15, -0.1) is 11.6 Å². The Hall–Kier alpha value is -1.26. The van der Waals surface area contributed by atoms with Gasteiger partial charge in [-0.25, -0.2) is 4.39 Å². The molecular weight excluding hydrogens is 359 g/mol. The summed E-state index contributed by atoms with van der Waals surface area (Å²) in [6.45, 7) is 2.77. The number of alkyl halides is 1. The van der Waals surface area contributed by atoms with E-state index in [0.717, 1.165) is 11.1 Å². The zero-order valence-electron chi connectivity index (χ0n) is 11.5. The summed E-state index contributed by atoms with van der Waals surface area (Å²) in [4.78, 5) is 0. The predicted octanol–water partition coefficient (Wildman–Crippen LogP) is 5.30. The molecule has 0 unspecified atom stereocenters. The van der Waals surface area contributed by atoms with Crippen molar-refractivity contribution < 1.29 is 13.9 Å². The number of halogens is 3. The molecule has 2 aromatic rings. The van der Waals surface area contributed by atoms with Crippen LogP contribution in [-0.4, -0.2) is 6.61 Å². The van der Waals surface area contributed by atoms with Crippen molar-refractivity contribution in [3.8, 4) is 11.5 Å². The van der Waals surface area contributed by atoms with Gasteiger partial charge in [0.2, 0.25) is 0 Å². The summed E-state index contributed by atoms with van der Waals surface area (Å²) < 4.78 is 25.0. The third-order valence-electron chi connectivity index (χ3n) is 2.87. The van der Waals surface area contributed by atoms with Crippen LogP contribution in [0.15, 0.2) is 40.9 Å². The number of ether oxygens (including phenoxy) is 2. The van der Waals surface area contributed by atoms with Crippen LogP contribution < -0.4 is 9.47 Å².